The number of benzene rings is 1. The van der Waals surface area contributed by atoms with Gasteiger partial charge in [0, 0.05) is 6.07 Å². The fraction of sp³-hybridized carbons (Fsp3) is 0. The Bertz CT molecular complexity index is 463. The van der Waals surface area contributed by atoms with Crippen molar-refractivity contribution < 1.29 is 55.7 Å². The molecule has 1 rings (SSSR count). The molecule has 16 heavy (non-hydrogen) atoms. The molecule has 0 aliphatic carbocycles. The van der Waals surface area contributed by atoms with Crippen LogP contribution in [0, 0.1) is 10.1 Å². The smallest absolute Gasteiger partial charge is 1.00 e. The molecule has 0 fully saturated rings. The van der Waals surface area contributed by atoms with Gasteiger partial charge in [-0.05, 0) is 12.1 Å². The first-order valence-electron chi connectivity index (χ1n) is 3.68. The average Bonchev–Trinajstić information content (AvgIpc) is 2.16. The van der Waals surface area contributed by atoms with Crippen molar-refractivity contribution in [2.24, 2.45) is 0 Å². The third kappa shape index (κ3) is 3.02. The first kappa shape index (κ1) is 14.6. The van der Waals surface area contributed by atoms with Crippen LogP contribution >= 0.6 is 0 Å². The van der Waals surface area contributed by atoms with E-state index in [0.29, 0.717) is 0 Å². The maximum absolute atomic E-state index is 10.6. The third-order valence-electron chi connectivity index (χ3n) is 1.67. The summed E-state index contributed by atoms with van der Waals surface area (Å²) >= 11 is 0. The van der Waals surface area contributed by atoms with Crippen molar-refractivity contribution in [1.29, 1.82) is 0 Å². The molecular weight excluding hydrogens is 229 g/mol. The van der Waals surface area contributed by atoms with E-state index >= 15 is 0 Å². The predicted molar refractivity (Wildman–Crippen MR) is 48.1 cm³/mol. The standard InChI is InChI=1S/C8H5NO6.Na.H/c10-7(11)4-1-2-6(9(14)15)5(3-4)8(12)13;;/h1-3H,(H,10,11)(H,12,13);;/q;+1;-1. The van der Waals surface area contributed by atoms with E-state index in [9.17, 15) is 19.7 Å². The van der Waals surface area contributed by atoms with Gasteiger partial charge in [0.1, 0.15) is 5.56 Å². The Balaban J connectivity index is 0. The number of hydrogen-bond acceptors (Lipinski definition) is 4. The Morgan fingerprint density at radius 2 is 1.81 bits per heavy atom. The second-order valence-electron chi connectivity index (χ2n) is 2.60. The van der Waals surface area contributed by atoms with Crippen molar-refractivity contribution >= 4 is 17.6 Å². The molecule has 2 N–H and O–H groups in total. The van der Waals surface area contributed by atoms with Crippen LogP contribution in [0.1, 0.15) is 22.1 Å². The SMILES string of the molecule is O=C(O)c1ccc([N+](=O)[O-])c(C(=O)O)c1.[H-].[Na+]. The van der Waals surface area contributed by atoms with Crippen molar-refractivity contribution in [1.82, 2.24) is 0 Å². The molecule has 0 saturated heterocycles. The van der Waals surface area contributed by atoms with E-state index in [2.05, 4.69) is 0 Å². The number of nitro groups is 1. The van der Waals surface area contributed by atoms with Crippen LogP contribution in [-0.2, 0) is 0 Å². The third-order valence-corrected chi connectivity index (χ3v) is 1.67. The van der Waals surface area contributed by atoms with E-state index < -0.39 is 28.1 Å². The van der Waals surface area contributed by atoms with Crippen molar-refractivity contribution in [3.63, 3.8) is 0 Å². The minimum absolute atomic E-state index is 0. The van der Waals surface area contributed by atoms with Gasteiger partial charge in [-0.1, -0.05) is 0 Å². The molecule has 7 nitrogen and oxygen atoms in total. The van der Waals surface area contributed by atoms with Crippen LogP contribution < -0.4 is 29.6 Å². The number of rotatable bonds is 3. The van der Waals surface area contributed by atoms with Gasteiger partial charge in [-0.3, -0.25) is 10.1 Å². The molecule has 0 radical (unpaired) electrons. The minimum atomic E-state index is -1.54. The number of carboxylic acids is 2. The van der Waals surface area contributed by atoms with Crippen molar-refractivity contribution in [2.45, 2.75) is 0 Å². The van der Waals surface area contributed by atoms with Gasteiger partial charge in [0.2, 0.25) is 0 Å². The number of carboxylic acid groups (broad SMARTS) is 2. The number of nitro benzene ring substituents is 1. The number of aromatic carboxylic acids is 2. The van der Waals surface area contributed by atoms with E-state index in [1.165, 1.54) is 0 Å². The molecule has 0 aliphatic heterocycles. The summed E-state index contributed by atoms with van der Waals surface area (Å²) in [5.41, 5.74) is -1.58. The van der Waals surface area contributed by atoms with Crippen LogP contribution in [-0.4, -0.2) is 27.1 Å². The Morgan fingerprint density at radius 1 is 1.25 bits per heavy atom. The van der Waals surface area contributed by atoms with Crippen molar-refractivity contribution in [3.8, 4) is 0 Å². The number of carbonyl (C=O) groups is 2. The summed E-state index contributed by atoms with van der Waals surface area (Å²) in [4.78, 5) is 30.6. The Hall–Kier alpha value is -1.44. The topological polar surface area (TPSA) is 118 Å². The van der Waals surface area contributed by atoms with Crippen LogP contribution in [0.15, 0.2) is 18.2 Å². The molecule has 0 saturated carbocycles. The monoisotopic (exact) mass is 235 g/mol. The number of hydrogen-bond donors (Lipinski definition) is 2. The zero-order valence-corrected chi connectivity index (χ0v) is 10.2. The largest absolute Gasteiger partial charge is 1.00 e. The average molecular weight is 235 g/mol. The molecule has 0 amide bonds. The summed E-state index contributed by atoms with van der Waals surface area (Å²) in [6.45, 7) is 0. The first-order valence-corrected chi connectivity index (χ1v) is 3.68. The van der Waals surface area contributed by atoms with Gasteiger partial charge in [0.15, 0.2) is 0 Å². The van der Waals surface area contributed by atoms with Crippen LogP contribution in [0.25, 0.3) is 0 Å². The fourth-order valence-corrected chi connectivity index (χ4v) is 1.000. The predicted octanol–water partition coefficient (Wildman–Crippen LogP) is -1.89. The van der Waals surface area contributed by atoms with Gasteiger partial charge in [-0.25, -0.2) is 9.59 Å². The summed E-state index contributed by atoms with van der Waals surface area (Å²) in [6.07, 6.45) is 0. The van der Waals surface area contributed by atoms with Gasteiger partial charge >= 0.3 is 41.5 Å². The summed E-state index contributed by atoms with van der Waals surface area (Å²) < 4.78 is 0. The zero-order chi connectivity index (χ0) is 11.6. The molecule has 0 bridgehead atoms. The fourth-order valence-electron chi connectivity index (χ4n) is 1.000. The van der Waals surface area contributed by atoms with E-state index in [-0.39, 0.29) is 36.5 Å². The molecule has 1 aromatic carbocycles. The van der Waals surface area contributed by atoms with Crippen LogP contribution in [0.5, 0.6) is 0 Å². The van der Waals surface area contributed by atoms with Gasteiger partial charge in [-0.15, -0.1) is 0 Å². The van der Waals surface area contributed by atoms with Crippen molar-refractivity contribution in [2.75, 3.05) is 0 Å². The van der Waals surface area contributed by atoms with Crippen LogP contribution in [0.4, 0.5) is 5.69 Å². The van der Waals surface area contributed by atoms with Crippen molar-refractivity contribution in [3.05, 3.63) is 39.4 Å². The Labute approximate surface area is 113 Å². The van der Waals surface area contributed by atoms with Crippen LogP contribution in [0.3, 0.4) is 0 Å². The molecule has 1 aromatic rings. The summed E-state index contributed by atoms with van der Waals surface area (Å²) in [6, 6.07) is 2.59. The molecular formula is C8H6NNaO6. The molecule has 0 spiro atoms. The molecule has 0 heterocycles. The maximum Gasteiger partial charge on any atom is 1.00 e. The van der Waals surface area contributed by atoms with E-state index in [0.717, 1.165) is 18.2 Å². The molecule has 8 heteroatoms. The summed E-state index contributed by atoms with van der Waals surface area (Å²) in [7, 11) is 0. The summed E-state index contributed by atoms with van der Waals surface area (Å²) in [5, 5.41) is 27.6. The molecule has 0 aliphatic rings. The second kappa shape index (κ2) is 5.59. The molecule has 0 atom stereocenters. The first-order chi connectivity index (χ1) is 6.93. The normalized spacial score (nSPS) is 9.00. The van der Waals surface area contributed by atoms with Gasteiger partial charge < -0.3 is 11.6 Å². The second-order valence-corrected chi connectivity index (χ2v) is 2.60. The quantitative estimate of drug-likeness (QED) is 0.359. The molecule has 0 aromatic heterocycles. The van der Waals surface area contributed by atoms with E-state index in [1.807, 2.05) is 0 Å². The zero-order valence-electron chi connectivity index (χ0n) is 9.21. The van der Waals surface area contributed by atoms with Gasteiger partial charge in [-0.2, -0.15) is 0 Å². The number of nitrogens with zero attached hydrogens (tertiary/aromatic N) is 1. The maximum atomic E-state index is 10.6. The Morgan fingerprint density at radius 3 is 2.19 bits per heavy atom. The van der Waals surface area contributed by atoms with Gasteiger partial charge in [0.05, 0.1) is 10.5 Å². The minimum Gasteiger partial charge on any atom is -1.00 e. The van der Waals surface area contributed by atoms with E-state index in [1.54, 1.807) is 0 Å². The van der Waals surface area contributed by atoms with Crippen LogP contribution in [0.2, 0.25) is 0 Å². The molecule has 80 valence electrons. The summed E-state index contributed by atoms with van der Waals surface area (Å²) in [5.74, 6) is -2.88. The Kier molecular flexibility index (Phi) is 5.09. The molecule has 0 unspecified atom stereocenters. The van der Waals surface area contributed by atoms with Gasteiger partial charge in [0.25, 0.3) is 5.69 Å². The van der Waals surface area contributed by atoms with E-state index in [4.69, 9.17) is 10.2 Å².